The monoisotopic (exact) mass is 490 g/mol. The number of hydrogen-bond acceptors (Lipinski definition) is 6. The molecule has 2 aromatic carbocycles. The smallest absolute Gasteiger partial charge is 0.244 e. The first-order chi connectivity index (χ1) is 17.2. The highest BCUT2D eigenvalue weighted by molar-refractivity contribution is 7.13. The van der Waals surface area contributed by atoms with Crippen LogP contribution in [0.5, 0.6) is 5.75 Å². The molecule has 1 aromatic heterocycles. The molecule has 184 valence electrons. The predicted octanol–water partition coefficient (Wildman–Crippen LogP) is 4.67. The van der Waals surface area contributed by atoms with Crippen LogP contribution in [-0.2, 0) is 4.79 Å². The fraction of sp³-hybridized carbons (Fsp3) is 0.429. The van der Waals surface area contributed by atoms with Gasteiger partial charge in [-0.15, -0.1) is 0 Å². The van der Waals surface area contributed by atoms with Gasteiger partial charge in [0.25, 0.3) is 0 Å². The van der Waals surface area contributed by atoms with Gasteiger partial charge < -0.3 is 15.0 Å². The van der Waals surface area contributed by atoms with Crippen molar-refractivity contribution in [2.45, 2.75) is 19.3 Å². The van der Waals surface area contributed by atoms with Crippen molar-refractivity contribution in [3.63, 3.8) is 0 Å². The quantitative estimate of drug-likeness (QED) is 0.465. The van der Waals surface area contributed by atoms with Gasteiger partial charge in [0.1, 0.15) is 11.6 Å². The summed E-state index contributed by atoms with van der Waals surface area (Å²) in [6.45, 7) is 6.07. The Morgan fingerprint density at radius 3 is 2.71 bits per heavy atom. The Labute approximate surface area is 211 Å². The van der Waals surface area contributed by atoms with Crippen LogP contribution in [0.25, 0.3) is 16.2 Å². The minimum absolute atomic E-state index is 0.0364. The average molecular weight is 491 g/mol. The third-order valence-electron chi connectivity index (χ3n) is 7.43. The maximum absolute atomic E-state index is 12.5. The number of rotatable bonds is 8. The number of nitrogens with one attached hydrogen (secondary N) is 1. The van der Waals surface area contributed by atoms with Gasteiger partial charge in [0.15, 0.2) is 0 Å². The summed E-state index contributed by atoms with van der Waals surface area (Å²) in [6.07, 6.45) is 7.15. The maximum Gasteiger partial charge on any atom is 0.244 e. The van der Waals surface area contributed by atoms with Crippen molar-refractivity contribution in [3.05, 3.63) is 60.2 Å². The zero-order chi connectivity index (χ0) is 24.0. The number of benzene rings is 2. The number of anilines is 1. The Morgan fingerprint density at radius 2 is 1.86 bits per heavy atom. The van der Waals surface area contributed by atoms with E-state index in [-0.39, 0.29) is 5.91 Å². The first kappa shape index (κ1) is 23.8. The Balaban J connectivity index is 1.09. The molecule has 0 radical (unpaired) electrons. The van der Waals surface area contributed by atoms with Gasteiger partial charge in [0, 0.05) is 56.3 Å². The highest BCUT2D eigenvalue weighted by Gasteiger charge is 2.30. The number of methoxy groups -OCH3 is 1. The molecule has 5 rings (SSSR count). The van der Waals surface area contributed by atoms with Crippen LogP contribution in [0.2, 0.25) is 0 Å². The molecular weight excluding hydrogens is 456 g/mol. The summed E-state index contributed by atoms with van der Waals surface area (Å²) in [4.78, 5) is 17.5. The first-order valence-electron chi connectivity index (χ1n) is 12.6. The Kier molecular flexibility index (Phi) is 7.64. The maximum atomic E-state index is 12.5. The molecule has 1 aliphatic heterocycles. The lowest BCUT2D eigenvalue weighted by Crippen LogP contribution is -2.48. The van der Waals surface area contributed by atoms with Crippen molar-refractivity contribution in [2.24, 2.45) is 11.8 Å². The Hall–Kier alpha value is -2.90. The fourth-order valence-electron chi connectivity index (χ4n) is 5.46. The second-order valence-electron chi connectivity index (χ2n) is 9.56. The van der Waals surface area contributed by atoms with Gasteiger partial charge in [-0.05, 0) is 60.5 Å². The van der Waals surface area contributed by atoms with Crippen LogP contribution in [0.15, 0.2) is 54.6 Å². The van der Waals surface area contributed by atoms with Crippen LogP contribution in [0.4, 0.5) is 5.82 Å². The second kappa shape index (κ2) is 11.2. The summed E-state index contributed by atoms with van der Waals surface area (Å²) in [5.74, 6) is 3.09. The van der Waals surface area contributed by atoms with E-state index in [1.165, 1.54) is 29.3 Å². The minimum atomic E-state index is -0.0364. The summed E-state index contributed by atoms with van der Waals surface area (Å²) >= 11 is 1.60. The number of nitrogens with zero attached hydrogens (tertiary/aromatic N) is 3. The SMILES string of the molecule is COc1ccccc1/C=C/C(=O)NC[C@H]1CCC[C@@H]1CN1CCN(c2nsc3ccccc23)CC1. The van der Waals surface area contributed by atoms with Gasteiger partial charge in [-0.3, -0.25) is 9.69 Å². The highest BCUT2D eigenvalue weighted by atomic mass is 32.1. The zero-order valence-corrected chi connectivity index (χ0v) is 21.2. The molecule has 35 heavy (non-hydrogen) atoms. The summed E-state index contributed by atoms with van der Waals surface area (Å²) in [5, 5.41) is 4.42. The number of fused-ring (bicyclic) bond motifs is 1. The van der Waals surface area contributed by atoms with E-state index in [0.717, 1.165) is 56.4 Å². The number of aromatic nitrogens is 1. The van der Waals surface area contributed by atoms with E-state index in [1.54, 1.807) is 24.7 Å². The van der Waals surface area contributed by atoms with E-state index < -0.39 is 0 Å². The van der Waals surface area contributed by atoms with Gasteiger partial charge in [-0.2, -0.15) is 4.37 Å². The largest absolute Gasteiger partial charge is 0.496 e. The van der Waals surface area contributed by atoms with Gasteiger partial charge in [-0.1, -0.05) is 36.8 Å². The topological polar surface area (TPSA) is 57.7 Å². The van der Waals surface area contributed by atoms with Crippen LogP contribution in [0, 0.1) is 11.8 Å². The number of para-hydroxylation sites is 1. The molecule has 1 aliphatic carbocycles. The molecule has 2 fully saturated rings. The first-order valence-corrected chi connectivity index (χ1v) is 13.4. The second-order valence-corrected chi connectivity index (χ2v) is 10.4. The number of amides is 1. The van der Waals surface area contributed by atoms with Gasteiger partial charge in [0.05, 0.1) is 11.8 Å². The molecule has 0 bridgehead atoms. The molecule has 2 aliphatic rings. The standard InChI is InChI=1S/C28H34N4O2S/c1-34-25-11-4-2-7-21(25)13-14-27(33)29-19-22-8-6-9-23(22)20-31-15-17-32(18-16-31)28-24-10-3-5-12-26(24)35-30-28/h2-5,7,10-14,22-23H,6,8-9,15-20H2,1H3,(H,29,33)/b14-13+/t22-,23-/m1/s1. The van der Waals surface area contributed by atoms with E-state index in [0.29, 0.717) is 11.8 Å². The van der Waals surface area contributed by atoms with Crippen LogP contribution >= 0.6 is 11.5 Å². The highest BCUT2D eigenvalue weighted by Crippen LogP contribution is 2.33. The Bertz CT molecular complexity index is 1170. The van der Waals surface area contributed by atoms with Crippen LogP contribution in [-0.4, -0.2) is 61.6 Å². The summed E-state index contributed by atoms with van der Waals surface area (Å²) in [6, 6.07) is 16.2. The van der Waals surface area contributed by atoms with E-state index >= 15 is 0 Å². The summed E-state index contributed by atoms with van der Waals surface area (Å²) in [7, 11) is 1.65. The molecule has 6 nitrogen and oxygen atoms in total. The van der Waals surface area contributed by atoms with Crippen molar-refractivity contribution in [1.29, 1.82) is 0 Å². The lowest BCUT2D eigenvalue weighted by molar-refractivity contribution is -0.116. The molecule has 1 amide bonds. The van der Waals surface area contributed by atoms with E-state index in [1.807, 2.05) is 30.3 Å². The normalized spacial score (nSPS) is 21.1. The molecule has 2 atom stereocenters. The Morgan fingerprint density at radius 1 is 1.09 bits per heavy atom. The van der Waals surface area contributed by atoms with Crippen LogP contribution < -0.4 is 15.0 Å². The lowest BCUT2D eigenvalue weighted by Gasteiger charge is -2.37. The van der Waals surface area contributed by atoms with Crippen molar-refractivity contribution in [1.82, 2.24) is 14.6 Å². The number of carbonyl (C=O) groups excluding carboxylic acids is 1. The zero-order valence-electron chi connectivity index (χ0n) is 20.4. The molecule has 1 N–H and O–H groups in total. The van der Waals surface area contributed by atoms with E-state index in [2.05, 4.69) is 39.4 Å². The molecule has 1 saturated heterocycles. The van der Waals surface area contributed by atoms with Gasteiger partial charge >= 0.3 is 0 Å². The molecule has 2 heterocycles. The average Bonchev–Trinajstić information content (AvgIpc) is 3.53. The number of carbonyl (C=O) groups is 1. The molecule has 7 heteroatoms. The summed E-state index contributed by atoms with van der Waals surface area (Å²) in [5.41, 5.74) is 0.911. The molecule has 3 aromatic rings. The van der Waals surface area contributed by atoms with Crippen molar-refractivity contribution in [3.8, 4) is 5.75 Å². The van der Waals surface area contributed by atoms with Gasteiger partial charge in [0.2, 0.25) is 5.91 Å². The summed E-state index contributed by atoms with van der Waals surface area (Å²) < 4.78 is 11.4. The predicted molar refractivity (Wildman–Crippen MR) is 144 cm³/mol. The van der Waals surface area contributed by atoms with E-state index in [4.69, 9.17) is 9.11 Å². The van der Waals surface area contributed by atoms with Crippen LogP contribution in [0.1, 0.15) is 24.8 Å². The third-order valence-corrected chi connectivity index (χ3v) is 8.25. The van der Waals surface area contributed by atoms with Crippen molar-refractivity contribution >= 4 is 39.4 Å². The number of piperazine rings is 1. The van der Waals surface area contributed by atoms with E-state index in [9.17, 15) is 4.79 Å². The van der Waals surface area contributed by atoms with Gasteiger partial charge in [-0.25, -0.2) is 0 Å². The molecule has 0 unspecified atom stereocenters. The lowest BCUT2D eigenvalue weighted by atomic mass is 9.95. The number of ether oxygens (including phenoxy) is 1. The molecule has 1 saturated carbocycles. The van der Waals surface area contributed by atoms with Crippen molar-refractivity contribution < 1.29 is 9.53 Å². The molecule has 0 spiro atoms. The number of hydrogen-bond donors (Lipinski definition) is 1. The minimum Gasteiger partial charge on any atom is -0.496 e. The molecular formula is C28H34N4O2S. The van der Waals surface area contributed by atoms with Crippen LogP contribution in [0.3, 0.4) is 0 Å². The third kappa shape index (κ3) is 5.68. The fourth-order valence-corrected chi connectivity index (χ4v) is 6.25. The van der Waals surface area contributed by atoms with Crippen molar-refractivity contribution in [2.75, 3.05) is 51.3 Å².